The molecule has 0 aromatic rings. The molecule has 126 valence electrons. The van der Waals surface area contributed by atoms with Gasteiger partial charge in [0.25, 0.3) is 0 Å². The first kappa shape index (κ1) is 19.0. The number of hydrogen-bond donors (Lipinski definition) is 0. The Morgan fingerprint density at radius 2 is 1.38 bits per heavy atom. The van der Waals surface area contributed by atoms with Crippen LogP contribution < -0.4 is 0 Å². The van der Waals surface area contributed by atoms with Crippen molar-refractivity contribution >= 4 is 9.84 Å². The Morgan fingerprint density at radius 3 is 1.95 bits per heavy atom. The molecular weight excluding hydrogens is 282 g/mol. The molecule has 0 bridgehead atoms. The topological polar surface area (TPSA) is 37.4 Å². The van der Waals surface area contributed by atoms with E-state index in [1.165, 1.54) is 57.8 Å². The molecule has 1 unspecified atom stereocenters. The van der Waals surface area contributed by atoms with E-state index in [-0.39, 0.29) is 0 Å². The van der Waals surface area contributed by atoms with Crippen molar-refractivity contribution in [3.8, 4) is 0 Å². The van der Waals surface area contributed by atoms with Gasteiger partial charge in [-0.1, -0.05) is 58.8 Å². The first-order valence-corrected chi connectivity index (χ1v) is 10.8. The van der Waals surface area contributed by atoms with E-state index >= 15 is 0 Å². The zero-order valence-corrected chi connectivity index (χ0v) is 15.0. The molecule has 0 aliphatic carbocycles. The Morgan fingerprint density at radius 1 is 0.857 bits per heavy atom. The minimum atomic E-state index is -2.74. The highest BCUT2D eigenvalue weighted by Gasteiger charge is 2.23. The minimum Gasteiger partial charge on any atom is -0.301 e. The largest absolute Gasteiger partial charge is 0.301 e. The van der Waals surface area contributed by atoms with E-state index < -0.39 is 9.84 Å². The summed E-state index contributed by atoms with van der Waals surface area (Å²) < 4.78 is 23.0. The van der Waals surface area contributed by atoms with Gasteiger partial charge in [-0.15, -0.1) is 0 Å². The van der Waals surface area contributed by atoms with Crippen LogP contribution in [0.3, 0.4) is 0 Å². The fourth-order valence-corrected chi connectivity index (χ4v) is 4.44. The van der Waals surface area contributed by atoms with Crippen LogP contribution in [0.4, 0.5) is 0 Å². The van der Waals surface area contributed by atoms with Crippen LogP contribution in [-0.4, -0.2) is 44.5 Å². The van der Waals surface area contributed by atoms with Crippen molar-refractivity contribution in [3.05, 3.63) is 0 Å². The second kappa shape index (κ2) is 10.6. The third-order valence-electron chi connectivity index (χ3n) is 4.64. The van der Waals surface area contributed by atoms with E-state index in [0.717, 1.165) is 25.6 Å². The van der Waals surface area contributed by atoms with Crippen LogP contribution in [0.15, 0.2) is 0 Å². The molecular formula is C17H35NO2S. The molecule has 0 radical (unpaired) electrons. The molecule has 1 rings (SSSR count). The highest BCUT2D eigenvalue weighted by molar-refractivity contribution is 7.91. The minimum absolute atomic E-state index is 0.366. The molecule has 0 saturated carbocycles. The molecule has 1 fully saturated rings. The number of hydrogen-bond acceptors (Lipinski definition) is 3. The molecule has 1 atom stereocenters. The number of unbranched alkanes of at least 4 members (excludes halogenated alkanes) is 5. The van der Waals surface area contributed by atoms with Crippen LogP contribution in [-0.2, 0) is 9.84 Å². The normalized spacial score (nSPS) is 20.5. The van der Waals surface area contributed by atoms with Crippen molar-refractivity contribution in [1.82, 2.24) is 4.90 Å². The molecule has 0 aromatic carbocycles. The van der Waals surface area contributed by atoms with Gasteiger partial charge < -0.3 is 4.90 Å². The zero-order chi connectivity index (χ0) is 15.6. The molecule has 1 saturated heterocycles. The molecule has 0 N–H and O–H groups in total. The lowest BCUT2D eigenvalue weighted by Crippen LogP contribution is -2.42. The van der Waals surface area contributed by atoms with E-state index in [0.29, 0.717) is 11.5 Å². The van der Waals surface area contributed by atoms with Crippen molar-refractivity contribution in [2.45, 2.75) is 71.6 Å². The number of rotatable bonds is 11. The van der Waals surface area contributed by atoms with Crippen molar-refractivity contribution in [2.24, 2.45) is 5.92 Å². The van der Waals surface area contributed by atoms with E-state index in [2.05, 4.69) is 18.7 Å². The molecule has 3 nitrogen and oxygen atoms in total. The Kier molecular flexibility index (Phi) is 9.57. The van der Waals surface area contributed by atoms with Gasteiger partial charge in [-0.25, -0.2) is 8.42 Å². The van der Waals surface area contributed by atoms with Gasteiger partial charge in [0.15, 0.2) is 9.84 Å². The molecule has 1 aliphatic heterocycles. The molecule has 21 heavy (non-hydrogen) atoms. The summed E-state index contributed by atoms with van der Waals surface area (Å²) in [5, 5.41) is 0. The van der Waals surface area contributed by atoms with Gasteiger partial charge in [-0.2, -0.15) is 0 Å². The Balaban J connectivity index is 2.32. The van der Waals surface area contributed by atoms with Gasteiger partial charge in [0.1, 0.15) is 0 Å². The van der Waals surface area contributed by atoms with Crippen molar-refractivity contribution in [2.75, 3.05) is 31.1 Å². The van der Waals surface area contributed by atoms with Crippen LogP contribution in [0.2, 0.25) is 0 Å². The number of nitrogens with zero attached hydrogens (tertiary/aromatic N) is 1. The zero-order valence-electron chi connectivity index (χ0n) is 14.1. The molecule has 0 spiro atoms. The molecule has 1 heterocycles. The standard InChI is InChI=1S/C17H35NO2S/c1-3-5-7-9-11-17(10-8-6-4-2)16-18-12-14-21(19,20)15-13-18/h17H,3-16H2,1-2H3. The highest BCUT2D eigenvalue weighted by atomic mass is 32.2. The summed E-state index contributed by atoms with van der Waals surface area (Å²) in [5.74, 6) is 1.50. The van der Waals surface area contributed by atoms with E-state index in [1.807, 2.05) is 0 Å². The summed E-state index contributed by atoms with van der Waals surface area (Å²) in [4.78, 5) is 2.39. The Bertz CT molecular complexity index is 340. The third kappa shape index (κ3) is 8.82. The summed E-state index contributed by atoms with van der Waals surface area (Å²) in [7, 11) is -2.74. The van der Waals surface area contributed by atoms with Crippen molar-refractivity contribution in [1.29, 1.82) is 0 Å². The first-order valence-electron chi connectivity index (χ1n) is 9.00. The van der Waals surface area contributed by atoms with Gasteiger partial charge in [-0.3, -0.25) is 0 Å². The predicted molar refractivity (Wildman–Crippen MR) is 91.5 cm³/mol. The second-order valence-corrected chi connectivity index (χ2v) is 8.97. The fraction of sp³-hybridized carbons (Fsp3) is 1.00. The summed E-state index contributed by atoms with van der Waals surface area (Å²) in [6.07, 6.45) is 11.9. The quantitative estimate of drug-likeness (QED) is 0.543. The fourth-order valence-electron chi connectivity index (χ4n) is 3.17. The molecule has 0 amide bonds. The second-order valence-electron chi connectivity index (χ2n) is 6.66. The van der Waals surface area contributed by atoms with Crippen molar-refractivity contribution < 1.29 is 8.42 Å². The van der Waals surface area contributed by atoms with E-state index in [1.54, 1.807) is 0 Å². The van der Waals surface area contributed by atoms with Crippen LogP contribution in [0.25, 0.3) is 0 Å². The summed E-state index contributed by atoms with van der Waals surface area (Å²) in [6.45, 7) is 7.13. The van der Waals surface area contributed by atoms with Gasteiger partial charge in [0.05, 0.1) is 11.5 Å². The molecule has 1 aliphatic rings. The first-order chi connectivity index (χ1) is 10.1. The smallest absolute Gasteiger partial charge is 0.152 e. The summed E-state index contributed by atoms with van der Waals surface area (Å²) in [5.41, 5.74) is 0. The van der Waals surface area contributed by atoms with Gasteiger partial charge >= 0.3 is 0 Å². The maximum atomic E-state index is 11.5. The van der Waals surface area contributed by atoms with Crippen LogP contribution >= 0.6 is 0 Å². The van der Waals surface area contributed by atoms with Crippen LogP contribution in [0.5, 0.6) is 0 Å². The highest BCUT2D eigenvalue weighted by Crippen LogP contribution is 2.20. The Labute approximate surface area is 132 Å². The predicted octanol–water partition coefficient (Wildman–Crippen LogP) is 3.88. The molecule has 4 heteroatoms. The number of sulfone groups is 1. The van der Waals surface area contributed by atoms with E-state index in [9.17, 15) is 8.42 Å². The van der Waals surface area contributed by atoms with Gasteiger partial charge in [0.2, 0.25) is 0 Å². The maximum Gasteiger partial charge on any atom is 0.152 e. The van der Waals surface area contributed by atoms with Gasteiger partial charge in [-0.05, 0) is 18.8 Å². The SMILES string of the molecule is CCCCCCC(CCCCC)CN1CCS(=O)(=O)CC1. The average Bonchev–Trinajstić information content (AvgIpc) is 2.45. The van der Waals surface area contributed by atoms with Crippen LogP contribution in [0.1, 0.15) is 71.6 Å². The maximum absolute atomic E-state index is 11.5. The lowest BCUT2D eigenvalue weighted by atomic mass is 9.94. The summed E-state index contributed by atoms with van der Waals surface area (Å²) in [6, 6.07) is 0. The lowest BCUT2D eigenvalue weighted by Gasteiger charge is -2.30. The van der Waals surface area contributed by atoms with Gasteiger partial charge in [0, 0.05) is 19.6 Å². The Hall–Kier alpha value is -0.0900. The third-order valence-corrected chi connectivity index (χ3v) is 6.24. The lowest BCUT2D eigenvalue weighted by molar-refractivity contribution is 0.226. The monoisotopic (exact) mass is 317 g/mol. The average molecular weight is 318 g/mol. The van der Waals surface area contributed by atoms with E-state index in [4.69, 9.17) is 0 Å². The van der Waals surface area contributed by atoms with Crippen molar-refractivity contribution in [3.63, 3.8) is 0 Å². The molecule has 0 aromatic heterocycles. The van der Waals surface area contributed by atoms with Crippen LogP contribution in [0, 0.1) is 5.92 Å². The summed E-state index contributed by atoms with van der Waals surface area (Å²) >= 11 is 0.